The van der Waals surface area contributed by atoms with Crippen LogP contribution in [-0.4, -0.2) is 22.1 Å². The van der Waals surface area contributed by atoms with Crippen LogP contribution in [0, 0.1) is 0 Å². The van der Waals surface area contributed by atoms with Gasteiger partial charge in [0.15, 0.2) is 0 Å². The zero-order chi connectivity index (χ0) is 13.8. The number of aromatic nitrogens is 3. The maximum atomic E-state index is 5.20. The third-order valence-corrected chi connectivity index (χ3v) is 2.93. The minimum Gasteiger partial charge on any atom is -0.497 e. The quantitative estimate of drug-likeness (QED) is 0.728. The Morgan fingerprint density at radius 3 is 2.70 bits per heavy atom. The topological polar surface area (TPSA) is 47.9 Å². The highest BCUT2D eigenvalue weighted by atomic mass is 16.5. The molecule has 3 rings (SSSR count). The summed E-state index contributed by atoms with van der Waals surface area (Å²) in [5.41, 5.74) is 2.63. The zero-order valence-corrected chi connectivity index (χ0v) is 11.0. The molecule has 4 nitrogen and oxygen atoms in total. The van der Waals surface area contributed by atoms with E-state index < -0.39 is 0 Å². The Morgan fingerprint density at radius 1 is 1.00 bits per heavy atom. The Morgan fingerprint density at radius 2 is 1.90 bits per heavy atom. The summed E-state index contributed by atoms with van der Waals surface area (Å²) in [5.74, 6) is 0.835. The molecule has 0 fully saturated rings. The second-order valence-corrected chi connectivity index (χ2v) is 4.26. The van der Waals surface area contributed by atoms with Gasteiger partial charge in [-0.2, -0.15) is 0 Å². The molecule has 0 saturated carbocycles. The van der Waals surface area contributed by atoms with Gasteiger partial charge in [-0.15, -0.1) is 0 Å². The van der Waals surface area contributed by atoms with Crippen LogP contribution in [0.5, 0.6) is 5.75 Å². The predicted molar refractivity (Wildman–Crippen MR) is 79.3 cm³/mol. The summed E-state index contributed by atoms with van der Waals surface area (Å²) in [6.45, 7) is 0. The Labute approximate surface area is 116 Å². The molecule has 0 aliphatic carbocycles. The molecule has 0 aliphatic rings. The molecule has 0 radical (unpaired) electrons. The lowest BCUT2D eigenvalue weighted by atomic mass is 10.2. The van der Waals surface area contributed by atoms with Crippen molar-refractivity contribution in [1.82, 2.24) is 15.0 Å². The fourth-order valence-corrected chi connectivity index (χ4v) is 1.91. The van der Waals surface area contributed by atoms with Crippen molar-refractivity contribution in [2.75, 3.05) is 7.11 Å². The van der Waals surface area contributed by atoms with Crippen LogP contribution in [0.2, 0.25) is 0 Å². The molecular weight excluding hydrogens is 250 g/mol. The van der Waals surface area contributed by atoms with E-state index in [0.717, 1.165) is 28.0 Å². The Kier molecular flexibility index (Phi) is 3.37. The Hall–Kier alpha value is -2.75. The van der Waals surface area contributed by atoms with Crippen LogP contribution in [0.25, 0.3) is 23.1 Å². The lowest BCUT2D eigenvalue weighted by molar-refractivity contribution is 0.415. The van der Waals surface area contributed by atoms with Gasteiger partial charge in [0.2, 0.25) is 0 Å². The van der Waals surface area contributed by atoms with E-state index in [0.29, 0.717) is 0 Å². The monoisotopic (exact) mass is 263 g/mol. The second-order valence-electron chi connectivity index (χ2n) is 4.26. The van der Waals surface area contributed by atoms with Gasteiger partial charge in [-0.05, 0) is 36.4 Å². The fraction of sp³-hybridized carbons (Fsp3) is 0.0625. The first-order valence-corrected chi connectivity index (χ1v) is 6.24. The predicted octanol–water partition coefficient (Wildman–Crippen LogP) is 3.20. The Bertz CT molecular complexity index is 754. The van der Waals surface area contributed by atoms with Crippen LogP contribution in [0.4, 0.5) is 0 Å². The van der Waals surface area contributed by atoms with Crippen LogP contribution in [0.15, 0.2) is 48.9 Å². The Balaban J connectivity index is 1.91. The van der Waals surface area contributed by atoms with E-state index in [-0.39, 0.29) is 0 Å². The number of methoxy groups -OCH3 is 1. The zero-order valence-electron chi connectivity index (χ0n) is 11.0. The minimum atomic E-state index is 0.809. The largest absolute Gasteiger partial charge is 0.497 e. The first-order valence-electron chi connectivity index (χ1n) is 6.24. The standard InChI is InChI=1S/C16H13N3O/c1-20-15-6-7-16-12(10-15)2-3-13(19-16)4-5-14-11-17-8-9-18-14/h2-11H,1H3/b5-4+. The van der Waals surface area contributed by atoms with Crippen LogP contribution in [0.3, 0.4) is 0 Å². The molecule has 2 heterocycles. The molecule has 20 heavy (non-hydrogen) atoms. The summed E-state index contributed by atoms with van der Waals surface area (Å²) in [7, 11) is 1.66. The molecule has 0 atom stereocenters. The van der Waals surface area contributed by atoms with Crippen molar-refractivity contribution in [3.05, 3.63) is 60.3 Å². The second kappa shape index (κ2) is 5.48. The van der Waals surface area contributed by atoms with E-state index in [9.17, 15) is 0 Å². The van der Waals surface area contributed by atoms with Crippen molar-refractivity contribution in [1.29, 1.82) is 0 Å². The number of rotatable bonds is 3. The minimum absolute atomic E-state index is 0.809. The number of pyridine rings is 1. The molecule has 0 aliphatic heterocycles. The van der Waals surface area contributed by atoms with E-state index in [1.807, 2.05) is 42.5 Å². The summed E-state index contributed by atoms with van der Waals surface area (Å²) >= 11 is 0. The summed E-state index contributed by atoms with van der Waals surface area (Å²) in [6, 6.07) is 9.83. The lowest BCUT2D eigenvalue weighted by Gasteiger charge is -2.02. The van der Waals surface area contributed by atoms with Gasteiger partial charge in [-0.25, -0.2) is 4.98 Å². The normalized spacial score (nSPS) is 11.1. The molecule has 0 spiro atoms. The van der Waals surface area contributed by atoms with Crippen molar-refractivity contribution < 1.29 is 4.74 Å². The number of ether oxygens (including phenoxy) is 1. The molecule has 2 aromatic heterocycles. The van der Waals surface area contributed by atoms with Crippen LogP contribution >= 0.6 is 0 Å². The summed E-state index contributed by atoms with van der Waals surface area (Å²) in [4.78, 5) is 12.8. The van der Waals surface area contributed by atoms with Crippen molar-refractivity contribution >= 4 is 23.1 Å². The molecule has 0 bridgehead atoms. The molecule has 0 saturated heterocycles. The summed E-state index contributed by atoms with van der Waals surface area (Å²) in [5, 5.41) is 1.06. The van der Waals surface area contributed by atoms with Crippen LogP contribution < -0.4 is 4.74 Å². The van der Waals surface area contributed by atoms with Crippen molar-refractivity contribution in [2.24, 2.45) is 0 Å². The van der Waals surface area contributed by atoms with Crippen molar-refractivity contribution in [3.8, 4) is 5.75 Å². The number of nitrogens with zero attached hydrogens (tertiary/aromatic N) is 3. The number of hydrogen-bond acceptors (Lipinski definition) is 4. The van der Waals surface area contributed by atoms with Crippen molar-refractivity contribution in [2.45, 2.75) is 0 Å². The van der Waals surface area contributed by atoms with E-state index in [1.165, 1.54) is 0 Å². The number of fused-ring (bicyclic) bond motifs is 1. The van der Waals surface area contributed by atoms with E-state index in [4.69, 9.17) is 4.74 Å². The molecular formula is C16H13N3O. The molecule has 0 N–H and O–H groups in total. The van der Waals surface area contributed by atoms with Gasteiger partial charge in [0.1, 0.15) is 5.75 Å². The first kappa shape index (κ1) is 12.3. The highest BCUT2D eigenvalue weighted by Crippen LogP contribution is 2.20. The average Bonchev–Trinajstić information content (AvgIpc) is 2.53. The maximum Gasteiger partial charge on any atom is 0.119 e. The van der Waals surface area contributed by atoms with Gasteiger partial charge < -0.3 is 4.74 Å². The maximum absolute atomic E-state index is 5.20. The third kappa shape index (κ3) is 2.64. The van der Waals surface area contributed by atoms with Gasteiger partial charge in [0.25, 0.3) is 0 Å². The highest BCUT2D eigenvalue weighted by Gasteiger charge is 1.98. The van der Waals surface area contributed by atoms with Gasteiger partial charge >= 0.3 is 0 Å². The summed E-state index contributed by atoms with van der Waals surface area (Å²) < 4.78 is 5.20. The average molecular weight is 263 g/mol. The van der Waals surface area contributed by atoms with Crippen LogP contribution in [0.1, 0.15) is 11.4 Å². The van der Waals surface area contributed by atoms with Gasteiger partial charge in [-0.3, -0.25) is 9.97 Å². The number of hydrogen-bond donors (Lipinski definition) is 0. The molecule has 0 unspecified atom stereocenters. The van der Waals surface area contributed by atoms with E-state index >= 15 is 0 Å². The van der Waals surface area contributed by atoms with Crippen molar-refractivity contribution in [3.63, 3.8) is 0 Å². The first-order chi connectivity index (χ1) is 9.85. The lowest BCUT2D eigenvalue weighted by Crippen LogP contribution is -1.86. The van der Waals surface area contributed by atoms with Gasteiger partial charge in [0, 0.05) is 17.8 Å². The SMILES string of the molecule is COc1ccc2nc(/C=C/c3cnccn3)ccc2c1. The highest BCUT2D eigenvalue weighted by molar-refractivity contribution is 5.82. The third-order valence-electron chi connectivity index (χ3n) is 2.93. The molecule has 0 amide bonds. The molecule has 98 valence electrons. The van der Waals surface area contributed by atoms with Crippen LogP contribution in [-0.2, 0) is 0 Å². The summed E-state index contributed by atoms with van der Waals surface area (Å²) in [6.07, 6.45) is 8.85. The van der Waals surface area contributed by atoms with E-state index in [2.05, 4.69) is 15.0 Å². The van der Waals surface area contributed by atoms with Gasteiger partial charge in [0.05, 0.1) is 30.2 Å². The fourth-order valence-electron chi connectivity index (χ4n) is 1.91. The smallest absolute Gasteiger partial charge is 0.119 e. The number of benzene rings is 1. The molecule has 4 heteroatoms. The van der Waals surface area contributed by atoms with Gasteiger partial charge in [-0.1, -0.05) is 6.07 Å². The molecule has 3 aromatic rings. The van der Waals surface area contributed by atoms with E-state index in [1.54, 1.807) is 25.7 Å². The molecule has 1 aromatic carbocycles.